The summed E-state index contributed by atoms with van der Waals surface area (Å²) >= 11 is 0.925. The van der Waals surface area contributed by atoms with Crippen LogP contribution in [0.5, 0.6) is 17.2 Å². The van der Waals surface area contributed by atoms with Crippen molar-refractivity contribution in [3.05, 3.63) is 85.8 Å². The first-order valence-electron chi connectivity index (χ1n) is 10.1. The van der Waals surface area contributed by atoms with E-state index in [0.29, 0.717) is 5.56 Å². The number of hydrogen-bond donors (Lipinski definition) is 0. The first kappa shape index (κ1) is 25.4. The molecule has 0 aliphatic rings. The van der Waals surface area contributed by atoms with Crippen molar-refractivity contribution in [3.8, 4) is 23.3 Å². The molecule has 0 bridgehead atoms. The van der Waals surface area contributed by atoms with Crippen molar-refractivity contribution in [2.24, 2.45) is 0 Å². The molecule has 10 heteroatoms. The summed E-state index contributed by atoms with van der Waals surface area (Å²) in [4.78, 5) is 26.4. The van der Waals surface area contributed by atoms with Crippen molar-refractivity contribution < 1.29 is 27.8 Å². The minimum atomic E-state index is -3.06. The van der Waals surface area contributed by atoms with Gasteiger partial charge in [-0.25, -0.2) is 0 Å². The molecule has 0 spiro atoms. The second-order valence-electron chi connectivity index (χ2n) is 6.93. The Morgan fingerprint density at radius 3 is 2.51 bits per heavy atom. The Balaban J connectivity index is 2.26. The predicted octanol–water partition coefficient (Wildman–Crippen LogP) is 3.10. The lowest BCUT2D eigenvalue weighted by Gasteiger charge is -2.10. The van der Waals surface area contributed by atoms with Crippen molar-refractivity contribution in [2.45, 2.75) is 13.2 Å². The van der Waals surface area contributed by atoms with Gasteiger partial charge in [-0.1, -0.05) is 24.3 Å². The van der Waals surface area contributed by atoms with Gasteiger partial charge < -0.3 is 14.2 Å². The molecule has 0 unspecified atom stereocenters. The number of carbonyl (C=O) groups excluding carboxylic acids is 1. The summed E-state index contributed by atoms with van der Waals surface area (Å²) in [5, 5.41) is 9.84. The standard InChI is InChI=1S/C25H20F2N2O5S/c1-4-11-29-23(31)21(13-15-9-10-19(33-3)20(12-15)34-25(26)27)35-24(29)17(14-28)22(30)16-7-5-6-8-18(16)32-2/h4-10,12-13,25H,1,11H2,2-3H3. The number of allylic oxidation sites excluding steroid dienone is 1. The Kier molecular flexibility index (Phi) is 8.17. The van der Waals surface area contributed by atoms with Crippen LogP contribution in [0.25, 0.3) is 11.6 Å². The van der Waals surface area contributed by atoms with Crippen LogP contribution in [-0.2, 0) is 6.54 Å². The largest absolute Gasteiger partial charge is 0.496 e. The Morgan fingerprint density at radius 1 is 1.17 bits per heavy atom. The maximum atomic E-state index is 13.2. The molecule has 1 aromatic heterocycles. The summed E-state index contributed by atoms with van der Waals surface area (Å²) in [5.74, 6) is -0.417. The van der Waals surface area contributed by atoms with Crippen LogP contribution in [0.15, 0.2) is 59.9 Å². The molecular weight excluding hydrogens is 478 g/mol. The first-order valence-corrected chi connectivity index (χ1v) is 10.9. The van der Waals surface area contributed by atoms with Gasteiger partial charge in [0.15, 0.2) is 11.5 Å². The van der Waals surface area contributed by atoms with Crippen LogP contribution in [0.4, 0.5) is 8.78 Å². The Hall–Kier alpha value is -4.23. The highest BCUT2D eigenvalue weighted by molar-refractivity contribution is 7.07. The topological polar surface area (TPSA) is 90.6 Å². The first-order chi connectivity index (χ1) is 16.8. The molecule has 3 aromatic rings. The smallest absolute Gasteiger partial charge is 0.387 e. The van der Waals surface area contributed by atoms with Crippen LogP contribution >= 0.6 is 11.3 Å². The molecule has 0 atom stereocenters. The van der Waals surface area contributed by atoms with E-state index >= 15 is 0 Å². The van der Waals surface area contributed by atoms with E-state index in [-0.39, 0.29) is 44.1 Å². The highest BCUT2D eigenvalue weighted by Gasteiger charge is 2.20. The van der Waals surface area contributed by atoms with Gasteiger partial charge >= 0.3 is 6.61 Å². The maximum Gasteiger partial charge on any atom is 0.387 e. The molecule has 2 aromatic carbocycles. The lowest BCUT2D eigenvalue weighted by atomic mass is 10.0. The number of nitriles is 1. The van der Waals surface area contributed by atoms with Crippen molar-refractivity contribution in [3.63, 3.8) is 0 Å². The zero-order valence-corrected chi connectivity index (χ0v) is 19.6. The fourth-order valence-corrected chi connectivity index (χ4v) is 4.39. The molecule has 3 rings (SSSR count). The number of para-hydroxylation sites is 1. The van der Waals surface area contributed by atoms with Crippen LogP contribution in [-0.4, -0.2) is 31.2 Å². The summed E-state index contributed by atoms with van der Waals surface area (Å²) in [5.41, 5.74) is -0.161. The molecule has 0 fully saturated rings. The van der Waals surface area contributed by atoms with Crippen LogP contribution in [0.1, 0.15) is 15.9 Å². The quantitative estimate of drug-likeness (QED) is 0.333. The molecule has 0 radical (unpaired) electrons. The molecule has 7 nitrogen and oxygen atoms in total. The average molecular weight is 499 g/mol. The van der Waals surface area contributed by atoms with Gasteiger partial charge in [-0.15, -0.1) is 17.9 Å². The highest BCUT2D eigenvalue weighted by Crippen LogP contribution is 2.29. The molecule has 0 amide bonds. The third-order valence-corrected chi connectivity index (χ3v) is 5.96. The Bertz CT molecular complexity index is 1480. The number of methoxy groups -OCH3 is 2. The monoisotopic (exact) mass is 498 g/mol. The third-order valence-electron chi connectivity index (χ3n) is 4.83. The van der Waals surface area contributed by atoms with Gasteiger partial charge in [0, 0.05) is 6.54 Å². The molecule has 35 heavy (non-hydrogen) atoms. The SMILES string of the molecule is C=CCn1c(=C(C#N)C(=O)c2ccccc2OC)sc(=Cc2ccc(OC)c(OC(F)F)c2)c1=O. The zero-order chi connectivity index (χ0) is 25.5. The number of carbonyl (C=O) groups is 1. The second-order valence-corrected chi connectivity index (χ2v) is 7.96. The Morgan fingerprint density at radius 2 is 1.89 bits per heavy atom. The molecule has 1 heterocycles. The van der Waals surface area contributed by atoms with Crippen LogP contribution in [0.2, 0.25) is 0 Å². The van der Waals surface area contributed by atoms with E-state index in [1.807, 2.05) is 6.07 Å². The fraction of sp³-hybridized carbons (Fsp3) is 0.160. The number of nitrogens with zero attached hydrogens (tertiary/aromatic N) is 2. The summed E-state index contributed by atoms with van der Waals surface area (Å²) in [7, 11) is 2.72. The van der Waals surface area contributed by atoms with E-state index in [4.69, 9.17) is 9.47 Å². The van der Waals surface area contributed by atoms with Crippen LogP contribution in [0, 0.1) is 11.3 Å². The minimum Gasteiger partial charge on any atom is -0.496 e. The average Bonchev–Trinajstić information content (AvgIpc) is 3.14. The van der Waals surface area contributed by atoms with E-state index < -0.39 is 18.0 Å². The number of rotatable bonds is 9. The summed E-state index contributed by atoms with van der Waals surface area (Å²) in [6.07, 6.45) is 2.92. The van der Waals surface area contributed by atoms with Crippen molar-refractivity contribution >= 4 is 28.8 Å². The fourth-order valence-electron chi connectivity index (χ4n) is 3.29. The molecule has 0 aliphatic carbocycles. The van der Waals surface area contributed by atoms with Gasteiger partial charge in [-0.2, -0.15) is 14.0 Å². The number of ketones is 1. The summed E-state index contributed by atoms with van der Waals surface area (Å²) < 4.78 is 41.9. The van der Waals surface area contributed by atoms with Crippen LogP contribution < -0.4 is 29.0 Å². The number of thiazole rings is 1. The number of alkyl halides is 2. The van der Waals surface area contributed by atoms with Gasteiger partial charge in [-0.3, -0.25) is 14.2 Å². The lowest BCUT2D eigenvalue weighted by Crippen LogP contribution is -2.32. The Labute approximate surface area is 203 Å². The number of hydrogen-bond acceptors (Lipinski definition) is 7. The van der Waals surface area contributed by atoms with Gasteiger partial charge in [0.05, 0.1) is 24.3 Å². The van der Waals surface area contributed by atoms with Crippen LogP contribution in [0.3, 0.4) is 0 Å². The summed E-state index contributed by atoms with van der Waals surface area (Å²) in [6.45, 7) is 0.624. The van der Waals surface area contributed by atoms with Crippen molar-refractivity contribution in [1.82, 2.24) is 4.57 Å². The molecule has 180 valence electrons. The van der Waals surface area contributed by atoms with Gasteiger partial charge in [-0.05, 0) is 35.9 Å². The molecule has 0 aliphatic heterocycles. The molecular formula is C25H20F2N2O5S. The molecule has 0 saturated carbocycles. The van der Waals surface area contributed by atoms with Gasteiger partial charge in [0.25, 0.3) is 5.56 Å². The number of ether oxygens (including phenoxy) is 3. The minimum absolute atomic E-state index is 0.0469. The second kappa shape index (κ2) is 11.3. The van der Waals surface area contributed by atoms with Gasteiger partial charge in [0.1, 0.15) is 22.1 Å². The zero-order valence-electron chi connectivity index (χ0n) is 18.8. The van der Waals surface area contributed by atoms with E-state index in [1.165, 1.54) is 49.1 Å². The molecule has 0 N–H and O–H groups in total. The molecule has 0 saturated heterocycles. The number of benzene rings is 2. The van der Waals surface area contributed by atoms with Crippen molar-refractivity contribution in [1.29, 1.82) is 5.26 Å². The summed E-state index contributed by atoms with van der Waals surface area (Å²) in [6, 6.07) is 12.6. The third kappa shape index (κ3) is 5.47. The van der Waals surface area contributed by atoms with Gasteiger partial charge in [0.2, 0.25) is 5.78 Å². The van der Waals surface area contributed by atoms with E-state index in [2.05, 4.69) is 11.3 Å². The van der Waals surface area contributed by atoms with E-state index in [1.54, 1.807) is 24.3 Å². The van der Waals surface area contributed by atoms with E-state index in [0.717, 1.165) is 11.3 Å². The number of Topliss-reactive ketones (excluding diaryl/α,β-unsaturated/α-hetero) is 1. The number of halogens is 2. The maximum absolute atomic E-state index is 13.2. The lowest BCUT2D eigenvalue weighted by molar-refractivity contribution is -0.0512. The predicted molar refractivity (Wildman–Crippen MR) is 128 cm³/mol. The van der Waals surface area contributed by atoms with Crippen molar-refractivity contribution in [2.75, 3.05) is 14.2 Å². The highest BCUT2D eigenvalue weighted by atomic mass is 32.1. The number of aromatic nitrogens is 1. The normalized spacial score (nSPS) is 12.2. The van der Waals surface area contributed by atoms with E-state index in [9.17, 15) is 23.6 Å².